The summed E-state index contributed by atoms with van der Waals surface area (Å²) in [6, 6.07) is 3.97. The third kappa shape index (κ3) is 2.88. The van der Waals surface area contributed by atoms with E-state index >= 15 is 0 Å². The molecule has 1 saturated heterocycles. The summed E-state index contributed by atoms with van der Waals surface area (Å²) in [5.74, 6) is 0.0200. The Bertz CT molecular complexity index is 622. The molecular formula is C15H18N2O2S2. The monoisotopic (exact) mass is 322 g/mol. The van der Waals surface area contributed by atoms with Crippen LogP contribution in [0.25, 0.3) is 9.88 Å². The smallest absolute Gasteiger partial charge is 0.266 e. The number of piperidine rings is 1. The maximum absolute atomic E-state index is 12.8. The van der Waals surface area contributed by atoms with Gasteiger partial charge in [-0.3, -0.25) is 4.79 Å². The first-order chi connectivity index (χ1) is 10.2. The zero-order valence-corrected chi connectivity index (χ0v) is 13.5. The molecule has 2 aromatic heterocycles. The van der Waals surface area contributed by atoms with Crippen molar-refractivity contribution in [1.29, 1.82) is 0 Å². The first-order valence-electron chi connectivity index (χ1n) is 7.14. The number of aliphatic hydroxyl groups excluding tert-OH is 1. The Labute approximate surface area is 132 Å². The zero-order chi connectivity index (χ0) is 14.8. The van der Waals surface area contributed by atoms with E-state index in [1.165, 1.54) is 11.3 Å². The molecular weight excluding hydrogens is 304 g/mol. The molecule has 1 fully saturated rings. The molecule has 1 unspecified atom stereocenters. The molecule has 112 valence electrons. The SMILES string of the molecule is Cc1nc(-c2cccs2)sc1C(=O)N1CCCCC1CO. The van der Waals surface area contributed by atoms with E-state index in [1.54, 1.807) is 11.3 Å². The van der Waals surface area contributed by atoms with Crippen LogP contribution in [-0.2, 0) is 0 Å². The van der Waals surface area contributed by atoms with Crippen LogP contribution >= 0.6 is 22.7 Å². The fourth-order valence-electron chi connectivity index (χ4n) is 2.69. The minimum atomic E-state index is -0.0436. The van der Waals surface area contributed by atoms with E-state index in [9.17, 15) is 9.90 Å². The van der Waals surface area contributed by atoms with Gasteiger partial charge < -0.3 is 10.0 Å². The van der Waals surface area contributed by atoms with Gasteiger partial charge in [-0.25, -0.2) is 4.98 Å². The number of thiazole rings is 1. The highest BCUT2D eigenvalue weighted by Crippen LogP contribution is 2.32. The maximum Gasteiger partial charge on any atom is 0.266 e. The van der Waals surface area contributed by atoms with Crippen molar-refractivity contribution in [3.05, 3.63) is 28.1 Å². The van der Waals surface area contributed by atoms with Gasteiger partial charge in [-0.2, -0.15) is 0 Å². The van der Waals surface area contributed by atoms with Crippen molar-refractivity contribution in [3.63, 3.8) is 0 Å². The Morgan fingerprint density at radius 2 is 2.38 bits per heavy atom. The molecule has 1 atom stereocenters. The molecule has 1 amide bonds. The molecule has 0 saturated carbocycles. The van der Waals surface area contributed by atoms with Crippen molar-refractivity contribution in [2.75, 3.05) is 13.2 Å². The number of carbonyl (C=O) groups excluding carboxylic acids is 1. The topological polar surface area (TPSA) is 53.4 Å². The van der Waals surface area contributed by atoms with E-state index in [4.69, 9.17) is 0 Å². The van der Waals surface area contributed by atoms with Crippen molar-refractivity contribution < 1.29 is 9.90 Å². The lowest BCUT2D eigenvalue weighted by atomic mass is 10.0. The number of hydrogen-bond donors (Lipinski definition) is 1. The van der Waals surface area contributed by atoms with Crippen LogP contribution < -0.4 is 0 Å². The van der Waals surface area contributed by atoms with Gasteiger partial charge in [-0.15, -0.1) is 22.7 Å². The van der Waals surface area contributed by atoms with E-state index in [1.807, 2.05) is 29.3 Å². The second kappa shape index (κ2) is 6.25. The predicted octanol–water partition coefficient (Wildman–Crippen LogP) is 3.17. The van der Waals surface area contributed by atoms with Gasteiger partial charge in [0.1, 0.15) is 9.88 Å². The highest BCUT2D eigenvalue weighted by Gasteiger charge is 2.29. The van der Waals surface area contributed by atoms with E-state index in [0.29, 0.717) is 4.88 Å². The van der Waals surface area contributed by atoms with E-state index in [-0.39, 0.29) is 18.6 Å². The molecule has 0 aromatic carbocycles. The summed E-state index contributed by atoms with van der Waals surface area (Å²) in [4.78, 5) is 20.9. The summed E-state index contributed by atoms with van der Waals surface area (Å²) in [7, 11) is 0. The molecule has 0 aliphatic carbocycles. The number of carbonyl (C=O) groups is 1. The van der Waals surface area contributed by atoms with Crippen LogP contribution in [0.1, 0.15) is 34.6 Å². The molecule has 0 spiro atoms. The van der Waals surface area contributed by atoms with Crippen molar-refractivity contribution in [2.45, 2.75) is 32.2 Å². The molecule has 1 N–H and O–H groups in total. The number of aliphatic hydroxyl groups is 1. The van der Waals surface area contributed by atoms with Crippen LogP contribution in [0, 0.1) is 6.92 Å². The third-order valence-electron chi connectivity index (χ3n) is 3.82. The standard InChI is InChI=1S/C15H18N2O2S2/c1-10-13(21-14(16-10)12-6-4-8-20-12)15(19)17-7-3-2-5-11(17)9-18/h4,6,8,11,18H,2-3,5,7,9H2,1H3. The van der Waals surface area contributed by atoms with Crippen LogP contribution in [0.2, 0.25) is 0 Å². The van der Waals surface area contributed by atoms with Crippen molar-refractivity contribution >= 4 is 28.6 Å². The zero-order valence-electron chi connectivity index (χ0n) is 11.9. The van der Waals surface area contributed by atoms with E-state index in [0.717, 1.165) is 41.4 Å². The summed E-state index contributed by atoms with van der Waals surface area (Å²) in [6.45, 7) is 2.66. The Morgan fingerprint density at radius 1 is 1.52 bits per heavy atom. The molecule has 1 aliphatic heterocycles. The van der Waals surface area contributed by atoms with E-state index < -0.39 is 0 Å². The summed E-state index contributed by atoms with van der Waals surface area (Å²) >= 11 is 3.09. The number of rotatable bonds is 3. The fourth-order valence-corrected chi connectivity index (χ4v) is 4.51. The van der Waals surface area contributed by atoms with Gasteiger partial charge in [-0.1, -0.05) is 6.07 Å². The Kier molecular flexibility index (Phi) is 4.37. The minimum absolute atomic E-state index is 0.0200. The second-order valence-electron chi connectivity index (χ2n) is 5.24. The lowest BCUT2D eigenvalue weighted by Crippen LogP contribution is -2.45. The number of likely N-dealkylation sites (tertiary alicyclic amines) is 1. The number of aromatic nitrogens is 1. The predicted molar refractivity (Wildman–Crippen MR) is 85.9 cm³/mol. The minimum Gasteiger partial charge on any atom is -0.394 e. The number of aryl methyl sites for hydroxylation is 1. The van der Waals surface area contributed by atoms with Crippen molar-refractivity contribution in [3.8, 4) is 9.88 Å². The van der Waals surface area contributed by atoms with Gasteiger partial charge in [0, 0.05) is 6.54 Å². The summed E-state index contributed by atoms with van der Waals surface area (Å²) in [5, 5.41) is 12.4. The van der Waals surface area contributed by atoms with Gasteiger partial charge in [-0.05, 0) is 37.6 Å². The van der Waals surface area contributed by atoms with Crippen molar-refractivity contribution in [2.24, 2.45) is 0 Å². The van der Waals surface area contributed by atoms with Gasteiger partial charge in [0.25, 0.3) is 5.91 Å². The van der Waals surface area contributed by atoms with E-state index in [2.05, 4.69) is 4.98 Å². The third-order valence-corrected chi connectivity index (χ3v) is 6.01. The highest BCUT2D eigenvalue weighted by molar-refractivity contribution is 7.22. The van der Waals surface area contributed by atoms with Crippen LogP contribution in [0.5, 0.6) is 0 Å². The van der Waals surface area contributed by atoms with Gasteiger partial charge in [0.2, 0.25) is 0 Å². The van der Waals surface area contributed by atoms with Crippen molar-refractivity contribution in [1.82, 2.24) is 9.88 Å². The number of hydrogen-bond acceptors (Lipinski definition) is 5. The summed E-state index contributed by atoms with van der Waals surface area (Å²) in [5.41, 5.74) is 0.788. The Balaban J connectivity index is 1.87. The maximum atomic E-state index is 12.8. The molecule has 1 aliphatic rings. The molecule has 21 heavy (non-hydrogen) atoms. The van der Waals surface area contributed by atoms with Crippen LogP contribution in [0.4, 0.5) is 0 Å². The Morgan fingerprint density at radius 3 is 3.10 bits per heavy atom. The quantitative estimate of drug-likeness (QED) is 0.944. The summed E-state index contributed by atoms with van der Waals surface area (Å²) < 4.78 is 0. The lowest BCUT2D eigenvalue weighted by Gasteiger charge is -2.34. The van der Waals surface area contributed by atoms with Gasteiger partial charge in [0.05, 0.1) is 23.2 Å². The molecule has 2 aromatic rings. The lowest BCUT2D eigenvalue weighted by molar-refractivity contribution is 0.0507. The first-order valence-corrected chi connectivity index (χ1v) is 8.83. The summed E-state index contributed by atoms with van der Waals surface area (Å²) in [6.07, 6.45) is 2.98. The molecule has 3 rings (SSSR count). The normalized spacial score (nSPS) is 19.0. The second-order valence-corrected chi connectivity index (χ2v) is 7.19. The molecule has 0 radical (unpaired) electrons. The largest absolute Gasteiger partial charge is 0.394 e. The fraction of sp³-hybridized carbons (Fsp3) is 0.467. The Hall–Kier alpha value is -1.24. The van der Waals surface area contributed by atoms with Crippen LogP contribution in [0.15, 0.2) is 17.5 Å². The molecule has 4 nitrogen and oxygen atoms in total. The number of thiophene rings is 1. The number of amides is 1. The average molecular weight is 322 g/mol. The van der Waals surface area contributed by atoms with Crippen LogP contribution in [-0.4, -0.2) is 40.1 Å². The number of nitrogens with zero attached hydrogens (tertiary/aromatic N) is 2. The van der Waals surface area contributed by atoms with Gasteiger partial charge in [0.15, 0.2) is 0 Å². The first kappa shape index (κ1) is 14.7. The molecule has 3 heterocycles. The molecule has 6 heteroatoms. The van der Waals surface area contributed by atoms with Gasteiger partial charge >= 0.3 is 0 Å². The average Bonchev–Trinajstić information content (AvgIpc) is 3.15. The molecule has 0 bridgehead atoms. The van der Waals surface area contributed by atoms with Crippen LogP contribution in [0.3, 0.4) is 0 Å². The highest BCUT2D eigenvalue weighted by atomic mass is 32.1.